The zero-order chi connectivity index (χ0) is 21.0. The zero-order valence-electron chi connectivity index (χ0n) is 14.8. The number of benzene rings is 3. The molecule has 2 amide bonds. The molecule has 0 radical (unpaired) electrons. The Kier molecular flexibility index (Phi) is 5.63. The van der Waals surface area contributed by atoms with E-state index in [-0.39, 0.29) is 5.56 Å². The topological polar surface area (TPSA) is 58.2 Å². The van der Waals surface area contributed by atoms with Crippen LogP contribution in [0.25, 0.3) is 0 Å². The number of alkyl halides is 2. The molecule has 0 atom stereocenters. The number of carbonyl (C=O) groups excluding carboxylic acids is 2. The summed E-state index contributed by atoms with van der Waals surface area (Å²) in [5.41, 5.74) is -1.99. The Balaban J connectivity index is 1.86. The van der Waals surface area contributed by atoms with Gasteiger partial charge in [-0.1, -0.05) is 48.5 Å². The third kappa shape index (κ3) is 4.26. The summed E-state index contributed by atoms with van der Waals surface area (Å²) in [6.07, 6.45) is 0. The number of amides is 2. The molecule has 2 N–H and O–H groups in total. The summed E-state index contributed by atoms with van der Waals surface area (Å²) < 4.78 is 57.3. The Morgan fingerprint density at radius 1 is 0.759 bits per heavy atom. The molecular formula is C21H14F4N2O2. The van der Waals surface area contributed by atoms with Crippen LogP contribution in [0, 0.1) is 11.6 Å². The van der Waals surface area contributed by atoms with Crippen molar-refractivity contribution in [1.29, 1.82) is 0 Å². The summed E-state index contributed by atoms with van der Waals surface area (Å²) in [5.74, 6) is -9.27. The summed E-state index contributed by atoms with van der Waals surface area (Å²) in [5, 5.41) is 3.80. The lowest BCUT2D eigenvalue weighted by Gasteiger charge is -2.18. The van der Waals surface area contributed by atoms with Crippen molar-refractivity contribution in [2.24, 2.45) is 0 Å². The summed E-state index contributed by atoms with van der Waals surface area (Å²) in [6, 6.07) is 15.6. The van der Waals surface area contributed by atoms with E-state index >= 15 is 0 Å². The highest BCUT2D eigenvalue weighted by Crippen LogP contribution is 2.32. The zero-order valence-corrected chi connectivity index (χ0v) is 14.8. The third-order valence-corrected chi connectivity index (χ3v) is 4.04. The molecule has 3 rings (SSSR count). The molecule has 0 fully saturated rings. The second-order valence-corrected chi connectivity index (χ2v) is 6.00. The molecule has 0 saturated heterocycles. The maximum Gasteiger partial charge on any atom is 0.350 e. The second kappa shape index (κ2) is 8.14. The Morgan fingerprint density at radius 3 is 1.97 bits per heavy atom. The quantitative estimate of drug-likeness (QED) is 0.594. The molecule has 4 nitrogen and oxygen atoms in total. The van der Waals surface area contributed by atoms with Crippen LogP contribution in [0.15, 0.2) is 72.8 Å². The largest absolute Gasteiger partial charge is 0.350 e. The molecule has 0 heterocycles. The minimum Gasteiger partial charge on any atom is -0.319 e. The van der Waals surface area contributed by atoms with Gasteiger partial charge in [-0.25, -0.2) is 8.78 Å². The predicted octanol–water partition coefficient (Wildman–Crippen LogP) is 4.95. The molecule has 0 saturated carbocycles. The van der Waals surface area contributed by atoms with Crippen LogP contribution in [0.1, 0.15) is 15.9 Å². The van der Waals surface area contributed by atoms with Gasteiger partial charge in [0.1, 0.15) is 11.5 Å². The fourth-order valence-electron chi connectivity index (χ4n) is 2.52. The molecule has 0 aliphatic carbocycles. The highest BCUT2D eigenvalue weighted by Gasteiger charge is 2.41. The molecular weight excluding hydrogens is 388 g/mol. The van der Waals surface area contributed by atoms with Gasteiger partial charge in [0, 0.05) is 11.1 Å². The minimum absolute atomic E-state index is 0.206. The van der Waals surface area contributed by atoms with Crippen LogP contribution in [-0.4, -0.2) is 11.8 Å². The van der Waals surface area contributed by atoms with Gasteiger partial charge in [0.25, 0.3) is 11.8 Å². The van der Waals surface area contributed by atoms with Gasteiger partial charge in [-0.05, 0) is 24.3 Å². The van der Waals surface area contributed by atoms with Crippen LogP contribution in [0.2, 0.25) is 0 Å². The van der Waals surface area contributed by atoms with E-state index in [9.17, 15) is 27.2 Å². The van der Waals surface area contributed by atoms with E-state index in [1.807, 2.05) is 0 Å². The van der Waals surface area contributed by atoms with Gasteiger partial charge in [-0.2, -0.15) is 8.78 Å². The Morgan fingerprint density at radius 2 is 1.34 bits per heavy atom. The van der Waals surface area contributed by atoms with Gasteiger partial charge in [-0.15, -0.1) is 0 Å². The lowest BCUT2D eigenvalue weighted by Crippen LogP contribution is -2.33. The minimum atomic E-state index is -4.02. The van der Waals surface area contributed by atoms with Crippen LogP contribution < -0.4 is 10.6 Å². The smallest absolute Gasteiger partial charge is 0.319 e. The van der Waals surface area contributed by atoms with Crippen LogP contribution in [0.3, 0.4) is 0 Å². The van der Waals surface area contributed by atoms with Gasteiger partial charge in [-0.3, -0.25) is 9.59 Å². The molecule has 3 aromatic rings. The third-order valence-electron chi connectivity index (χ3n) is 4.04. The predicted molar refractivity (Wildman–Crippen MR) is 99.7 cm³/mol. The van der Waals surface area contributed by atoms with E-state index in [1.165, 1.54) is 30.3 Å². The number of rotatable bonds is 5. The van der Waals surface area contributed by atoms with Gasteiger partial charge in [0.2, 0.25) is 0 Å². The average molecular weight is 402 g/mol. The molecule has 8 heteroatoms. The first-order chi connectivity index (χ1) is 13.8. The number of anilines is 2. The second-order valence-electron chi connectivity index (χ2n) is 6.00. The van der Waals surface area contributed by atoms with Gasteiger partial charge in [0.05, 0.1) is 5.69 Å². The Hall–Kier alpha value is -3.68. The monoisotopic (exact) mass is 402 g/mol. The van der Waals surface area contributed by atoms with E-state index in [1.54, 1.807) is 23.5 Å². The number of hydrogen-bond acceptors (Lipinski definition) is 2. The maximum atomic E-state index is 14.6. The van der Waals surface area contributed by atoms with Crippen molar-refractivity contribution in [3.63, 3.8) is 0 Å². The highest BCUT2D eigenvalue weighted by molar-refractivity contribution is 6.05. The van der Waals surface area contributed by atoms with Crippen LogP contribution in [0.4, 0.5) is 28.9 Å². The van der Waals surface area contributed by atoms with Crippen molar-refractivity contribution in [2.45, 2.75) is 5.92 Å². The van der Waals surface area contributed by atoms with E-state index in [0.717, 1.165) is 24.3 Å². The Bertz CT molecular complexity index is 1040. The number of nitrogens with one attached hydrogen (secondary N) is 2. The molecule has 0 aliphatic rings. The SMILES string of the molecule is O=C(Nc1ccc(F)c(NC(=O)C(F)(F)c2ccccc2)c1F)c1ccccc1. The van der Waals surface area contributed by atoms with Crippen LogP contribution >= 0.6 is 0 Å². The lowest BCUT2D eigenvalue weighted by molar-refractivity contribution is -0.141. The molecule has 0 unspecified atom stereocenters. The van der Waals surface area contributed by atoms with Gasteiger partial charge in [0.15, 0.2) is 5.82 Å². The molecule has 0 bridgehead atoms. The highest BCUT2D eigenvalue weighted by atomic mass is 19.3. The fourth-order valence-corrected chi connectivity index (χ4v) is 2.52. The normalized spacial score (nSPS) is 11.0. The summed E-state index contributed by atoms with van der Waals surface area (Å²) in [4.78, 5) is 24.2. The molecule has 3 aromatic carbocycles. The van der Waals surface area contributed by atoms with Gasteiger partial charge >= 0.3 is 5.92 Å². The van der Waals surface area contributed by atoms with Crippen LogP contribution in [-0.2, 0) is 10.7 Å². The summed E-state index contributed by atoms with van der Waals surface area (Å²) >= 11 is 0. The summed E-state index contributed by atoms with van der Waals surface area (Å²) in [7, 11) is 0. The Labute approximate surface area is 163 Å². The van der Waals surface area contributed by atoms with Crippen molar-refractivity contribution < 1.29 is 27.2 Å². The molecule has 0 aliphatic heterocycles. The number of hydrogen-bond donors (Lipinski definition) is 2. The maximum absolute atomic E-state index is 14.6. The summed E-state index contributed by atoms with van der Waals surface area (Å²) in [6.45, 7) is 0. The van der Waals surface area contributed by atoms with Crippen molar-refractivity contribution >= 4 is 23.2 Å². The van der Waals surface area contributed by atoms with Crippen molar-refractivity contribution in [2.75, 3.05) is 10.6 Å². The number of halogens is 4. The first kappa shape index (κ1) is 20.1. The van der Waals surface area contributed by atoms with E-state index < -0.39 is 46.3 Å². The van der Waals surface area contributed by atoms with Crippen LogP contribution in [0.5, 0.6) is 0 Å². The van der Waals surface area contributed by atoms with E-state index in [2.05, 4.69) is 5.32 Å². The molecule has 148 valence electrons. The van der Waals surface area contributed by atoms with Crippen molar-refractivity contribution in [3.8, 4) is 0 Å². The average Bonchev–Trinajstić information content (AvgIpc) is 2.74. The fraction of sp³-hybridized carbons (Fsp3) is 0.0476. The first-order valence-corrected chi connectivity index (χ1v) is 8.40. The molecule has 29 heavy (non-hydrogen) atoms. The van der Waals surface area contributed by atoms with Gasteiger partial charge < -0.3 is 10.6 Å². The van der Waals surface area contributed by atoms with E-state index in [4.69, 9.17) is 0 Å². The first-order valence-electron chi connectivity index (χ1n) is 8.40. The number of carbonyl (C=O) groups is 2. The van der Waals surface area contributed by atoms with E-state index in [0.29, 0.717) is 0 Å². The van der Waals surface area contributed by atoms with Crippen molar-refractivity contribution in [3.05, 3.63) is 95.6 Å². The molecule has 0 spiro atoms. The molecule has 0 aromatic heterocycles. The standard InChI is InChI=1S/C21H14F4N2O2/c22-15-11-12-16(26-19(28)13-7-3-1-4-8-13)17(23)18(15)27-20(29)21(24,25)14-9-5-2-6-10-14/h1-12H,(H,26,28)(H,27,29). The van der Waals surface area contributed by atoms with Crippen molar-refractivity contribution in [1.82, 2.24) is 0 Å². The lowest BCUT2D eigenvalue weighted by atomic mass is 10.1.